The molecule has 0 aliphatic rings. The molecule has 0 bridgehead atoms. The molecule has 0 unspecified atom stereocenters. The highest BCUT2D eigenvalue weighted by Crippen LogP contribution is 2.16. The van der Waals surface area contributed by atoms with Gasteiger partial charge in [-0.2, -0.15) is 0 Å². The van der Waals surface area contributed by atoms with E-state index in [1.165, 1.54) is 5.56 Å². The van der Waals surface area contributed by atoms with Gasteiger partial charge in [0.2, 0.25) is 0 Å². The fourth-order valence-corrected chi connectivity index (χ4v) is 2.04. The summed E-state index contributed by atoms with van der Waals surface area (Å²) in [6.07, 6.45) is 2.23. The van der Waals surface area contributed by atoms with Crippen LogP contribution in [0.25, 0.3) is 0 Å². The van der Waals surface area contributed by atoms with Crippen molar-refractivity contribution in [2.24, 2.45) is 0 Å². The number of unbranched alkanes of at least 4 members (excludes halogenated alkanes) is 1. The maximum Gasteiger partial charge on any atom is 0.120 e. The highest BCUT2D eigenvalue weighted by Gasteiger charge is 2.00. The Morgan fingerprint density at radius 3 is 2.48 bits per heavy atom. The van der Waals surface area contributed by atoms with E-state index in [0.29, 0.717) is 12.3 Å². The molecule has 2 aromatic rings. The van der Waals surface area contributed by atoms with Gasteiger partial charge in [0.15, 0.2) is 0 Å². The van der Waals surface area contributed by atoms with Gasteiger partial charge in [0.1, 0.15) is 11.5 Å². The van der Waals surface area contributed by atoms with Gasteiger partial charge >= 0.3 is 0 Å². The SMILES string of the molecule is CCCCOc1ccc(CNCc2ccccc2O)cc1. The minimum Gasteiger partial charge on any atom is -0.508 e. The van der Waals surface area contributed by atoms with Crippen LogP contribution in [0.3, 0.4) is 0 Å². The van der Waals surface area contributed by atoms with E-state index in [1.54, 1.807) is 6.07 Å². The molecule has 0 atom stereocenters. The first kappa shape index (κ1) is 15.4. The maximum absolute atomic E-state index is 9.69. The molecule has 0 fully saturated rings. The average Bonchev–Trinajstić information content (AvgIpc) is 2.51. The highest BCUT2D eigenvalue weighted by molar-refractivity contribution is 5.32. The quantitative estimate of drug-likeness (QED) is 0.724. The van der Waals surface area contributed by atoms with Gasteiger partial charge in [-0.25, -0.2) is 0 Å². The van der Waals surface area contributed by atoms with Crippen molar-refractivity contribution >= 4 is 0 Å². The average molecular weight is 285 g/mol. The van der Waals surface area contributed by atoms with Gasteiger partial charge in [-0.05, 0) is 30.2 Å². The van der Waals surface area contributed by atoms with Crippen molar-refractivity contribution in [1.82, 2.24) is 5.32 Å². The lowest BCUT2D eigenvalue weighted by Crippen LogP contribution is -2.12. The first-order chi connectivity index (χ1) is 10.3. The Kier molecular flexibility index (Phi) is 6.10. The van der Waals surface area contributed by atoms with Gasteiger partial charge < -0.3 is 15.2 Å². The number of aromatic hydroxyl groups is 1. The molecule has 0 amide bonds. The summed E-state index contributed by atoms with van der Waals surface area (Å²) < 4.78 is 5.64. The van der Waals surface area contributed by atoms with Crippen molar-refractivity contribution in [3.63, 3.8) is 0 Å². The van der Waals surface area contributed by atoms with E-state index in [4.69, 9.17) is 4.74 Å². The van der Waals surface area contributed by atoms with E-state index in [-0.39, 0.29) is 0 Å². The Hall–Kier alpha value is -2.00. The normalized spacial score (nSPS) is 10.5. The third kappa shape index (κ3) is 5.12. The predicted octanol–water partition coefficient (Wildman–Crippen LogP) is 3.86. The zero-order valence-corrected chi connectivity index (χ0v) is 12.5. The topological polar surface area (TPSA) is 41.5 Å². The molecule has 3 nitrogen and oxygen atoms in total. The molecule has 2 rings (SSSR count). The minimum atomic E-state index is 0.338. The molecule has 3 heteroatoms. The Balaban J connectivity index is 1.77. The van der Waals surface area contributed by atoms with Gasteiger partial charge in [0, 0.05) is 18.7 Å². The lowest BCUT2D eigenvalue weighted by atomic mass is 10.2. The number of nitrogens with one attached hydrogen (secondary N) is 1. The third-order valence-corrected chi connectivity index (χ3v) is 3.33. The van der Waals surface area contributed by atoms with Crippen LogP contribution in [0.2, 0.25) is 0 Å². The lowest BCUT2D eigenvalue weighted by molar-refractivity contribution is 0.309. The van der Waals surface area contributed by atoms with Crippen molar-refractivity contribution < 1.29 is 9.84 Å². The Morgan fingerprint density at radius 1 is 1.00 bits per heavy atom. The molecule has 0 saturated carbocycles. The van der Waals surface area contributed by atoms with Gasteiger partial charge in [-0.1, -0.05) is 43.7 Å². The van der Waals surface area contributed by atoms with E-state index in [1.807, 2.05) is 30.3 Å². The molecule has 0 aliphatic carbocycles. The van der Waals surface area contributed by atoms with Crippen molar-refractivity contribution in [1.29, 1.82) is 0 Å². The first-order valence-electron chi connectivity index (χ1n) is 7.49. The molecule has 21 heavy (non-hydrogen) atoms. The fraction of sp³-hybridized carbons (Fsp3) is 0.333. The molecule has 0 spiro atoms. The van der Waals surface area contributed by atoms with Gasteiger partial charge in [-0.15, -0.1) is 0 Å². The van der Waals surface area contributed by atoms with Crippen molar-refractivity contribution in [2.45, 2.75) is 32.9 Å². The van der Waals surface area contributed by atoms with Crippen molar-refractivity contribution in [3.8, 4) is 11.5 Å². The third-order valence-electron chi connectivity index (χ3n) is 3.33. The summed E-state index contributed by atoms with van der Waals surface area (Å²) in [6, 6.07) is 15.5. The first-order valence-corrected chi connectivity index (χ1v) is 7.49. The summed E-state index contributed by atoms with van der Waals surface area (Å²) in [4.78, 5) is 0. The number of ether oxygens (including phenoxy) is 1. The molecular formula is C18H23NO2. The number of hydrogen-bond donors (Lipinski definition) is 2. The monoisotopic (exact) mass is 285 g/mol. The summed E-state index contributed by atoms with van der Waals surface area (Å²) >= 11 is 0. The van der Waals surface area contributed by atoms with Crippen LogP contribution in [-0.2, 0) is 13.1 Å². The minimum absolute atomic E-state index is 0.338. The molecule has 112 valence electrons. The van der Waals surface area contributed by atoms with E-state index in [9.17, 15) is 5.11 Å². The van der Waals surface area contributed by atoms with Gasteiger partial charge in [-0.3, -0.25) is 0 Å². The number of phenols is 1. The van der Waals surface area contributed by atoms with Gasteiger partial charge in [0.25, 0.3) is 0 Å². The second kappa shape index (κ2) is 8.32. The number of phenolic OH excluding ortho intramolecular Hbond substituents is 1. The van der Waals surface area contributed by atoms with Crippen LogP contribution in [0.15, 0.2) is 48.5 Å². The summed E-state index contributed by atoms with van der Waals surface area (Å²) in [5, 5.41) is 13.0. The van der Waals surface area contributed by atoms with Crippen LogP contribution in [-0.4, -0.2) is 11.7 Å². The predicted molar refractivity (Wildman–Crippen MR) is 85.5 cm³/mol. The van der Waals surface area contributed by atoms with Crippen LogP contribution in [0.5, 0.6) is 11.5 Å². The van der Waals surface area contributed by atoms with Crippen LogP contribution in [0, 0.1) is 0 Å². The molecule has 0 heterocycles. The van der Waals surface area contributed by atoms with E-state index in [2.05, 4.69) is 24.4 Å². The Labute approximate surface area is 126 Å². The fourth-order valence-electron chi connectivity index (χ4n) is 2.04. The molecular weight excluding hydrogens is 262 g/mol. The molecule has 0 radical (unpaired) electrons. The van der Waals surface area contributed by atoms with Crippen molar-refractivity contribution in [3.05, 3.63) is 59.7 Å². The molecule has 2 aromatic carbocycles. The molecule has 0 aromatic heterocycles. The molecule has 2 N–H and O–H groups in total. The zero-order chi connectivity index (χ0) is 14.9. The van der Waals surface area contributed by atoms with Crippen LogP contribution in [0.4, 0.5) is 0 Å². The zero-order valence-electron chi connectivity index (χ0n) is 12.5. The number of benzene rings is 2. The summed E-state index contributed by atoms with van der Waals surface area (Å²) in [6.45, 7) is 4.36. The van der Waals surface area contributed by atoms with E-state index >= 15 is 0 Å². The Bertz CT molecular complexity index is 537. The number of hydrogen-bond acceptors (Lipinski definition) is 3. The van der Waals surface area contributed by atoms with Gasteiger partial charge in [0.05, 0.1) is 6.61 Å². The summed E-state index contributed by atoms with van der Waals surface area (Å²) in [5.74, 6) is 1.26. The van der Waals surface area contributed by atoms with E-state index < -0.39 is 0 Å². The molecule has 0 aliphatic heterocycles. The van der Waals surface area contributed by atoms with Crippen LogP contribution >= 0.6 is 0 Å². The summed E-state index contributed by atoms with van der Waals surface area (Å²) in [7, 11) is 0. The van der Waals surface area contributed by atoms with Crippen LogP contribution in [0.1, 0.15) is 30.9 Å². The largest absolute Gasteiger partial charge is 0.508 e. The standard InChI is InChI=1S/C18H23NO2/c1-2-3-12-21-17-10-8-15(9-11-17)13-19-14-16-6-4-5-7-18(16)20/h4-11,19-20H,2-3,12-14H2,1H3. The Morgan fingerprint density at radius 2 is 1.76 bits per heavy atom. The smallest absolute Gasteiger partial charge is 0.120 e. The second-order valence-electron chi connectivity index (χ2n) is 5.08. The number of para-hydroxylation sites is 1. The van der Waals surface area contributed by atoms with Crippen molar-refractivity contribution in [2.75, 3.05) is 6.61 Å². The lowest BCUT2D eigenvalue weighted by Gasteiger charge is -2.08. The maximum atomic E-state index is 9.69. The summed E-state index contributed by atoms with van der Waals surface area (Å²) in [5.41, 5.74) is 2.12. The molecule has 0 saturated heterocycles. The van der Waals surface area contributed by atoms with Crippen LogP contribution < -0.4 is 10.1 Å². The number of rotatable bonds is 8. The van der Waals surface area contributed by atoms with E-state index in [0.717, 1.165) is 37.3 Å². The second-order valence-corrected chi connectivity index (χ2v) is 5.08. The highest BCUT2D eigenvalue weighted by atomic mass is 16.5.